The van der Waals surface area contributed by atoms with Crippen molar-refractivity contribution in [3.63, 3.8) is 0 Å². The van der Waals surface area contributed by atoms with E-state index < -0.39 is 0 Å². The lowest BCUT2D eigenvalue weighted by molar-refractivity contribution is -0.116. The highest BCUT2D eigenvalue weighted by molar-refractivity contribution is 6.31. The van der Waals surface area contributed by atoms with Crippen molar-refractivity contribution >= 4 is 23.2 Å². The van der Waals surface area contributed by atoms with E-state index in [0.29, 0.717) is 47.4 Å². The lowest BCUT2D eigenvalue weighted by Gasteiger charge is -2.33. The maximum absolute atomic E-state index is 12.3. The monoisotopic (exact) mass is 381 g/mol. The summed E-state index contributed by atoms with van der Waals surface area (Å²) < 4.78 is 10.9. The van der Waals surface area contributed by atoms with Crippen LogP contribution in [0.2, 0.25) is 5.02 Å². The van der Waals surface area contributed by atoms with Gasteiger partial charge < -0.3 is 25.4 Å². The lowest BCUT2D eigenvalue weighted by atomic mass is 9.94. The van der Waals surface area contributed by atoms with Crippen LogP contribution in [0.3, 0.4) is 0 Å². The highest BCUT2D eigenvalue weighted by atomic mass is 35.5. The molecule has 1 saturated heterocycles. The Hall–Kier alpha value is -1.34. The molecule has 3 atom stereocenters. The molecule has 1 aromatic carbocycles. The Bertz CT molecular complexity index is 608. The van der Waals surface area contributed by atoms with Crippen LogP contribution in [0.25, 0.3) is 0 Å². The average Bonchev–Trinajstić information content (AvgIpc) is 3.11. The van der Waals surface area contributed by atoms with Crippen LogP contribution in [0, 0.1) is 5.92 Å². The summed E-state index contributed by atoms with van der Waals surface area (Å²) in [5.41, 5.74) is 0.604. The molecule has 2 aliphatic rings. The van der Waals surface area contributed by atoms with E-state index in [9.17, 15) is 4.79 Å². The van der Waals surface area contributed by atoms with E-state index in [1.165, 1.54) is 12.8 Å². The molecule has 3 rings (SSSR count). The number of carbonyl (C=O) groups excluding carboxylic acids is 1. The van der Waals surface area contributed by atoms with Crippen LogP contribution in [-0.2, 0) is 9.53 Å². The molecule has 3 N–H and O–H groups in total. The summed E-state index contributed by atoms with van der Waals surface area (Å²) in [6, 6.07) is 6.06. The predicted molar refractivity (Wildman–Crippen MR) is 103 cm³/mol. The maximum atomic E-state index is 12.3. The van der Waals surface area contributed by atoms with Crippen LogP contribution in [0.15, 0.2) is 18.2 Å². The molecule has 0 radical (unpaired) electrons. The lowest BCUT2D eigenvalue weighted by Crippen LogP contribution is -2.51. The summed E-state index contributed by atoms with van der Waals surface area (Å²) in [5.74, 6) is 1.13. The number of hydrogen-bond donors (Lipinski definition) is 3. The van der Waals surface area contributed by atoms with Crippen LogP contribution < -0.4 is 20.7 Å². The smallest absolute Gasteiger partial charge is 0.225 e. The molecule has 0 spiro atoms. The van der Waals surface area contributed by atoms with Gasteiger partial charge in [-0.2, -0.15) is 0 Å². The summed E-state index contributed by atoms with van der Waals surface area (Å²) in [6.45, 7) is 3.17. The number of amides is 1. The molecule has 2 fully saturated rings. The van der Waals surface area contributed by atoms with Gasteiger partial charge in [0.25, 0.3) is 0 Å². The Morgan fingerprint density at radius 1 is 1.42 bits per heavy atom. The van der Waals surface area contributed by atoms with Gasteiger partial charge in [-0.1, -0.05) is 18.0 Å². The average molecular weight is 382 g/mol. The first-order chi connectivity index (χ1) is 12.7. The first kappa shape index (κ1) is 19.4. The molecule has 1 saturated carbocycles. The summed E-state index contributed by atoms with van der Waals surface area (Å²) >= 11 is 6.00. The maximum Gasteiger partial charge on any atom is 0.225 e. The van der Waals surface area contributed by atoms with Gasteiger partial charge in [-0.25, -0.2) is 0 Å². The molecule has 0 bridgehead atoms. The van der Waals surface area contributed by atoms with Crippen molar-refractivity contribution in [2.24, 2.45) is 5.92 Å². The minimum absolute atomic E-state index is 0.0493. The standard InChI is InChI=1S/C19H28ClN3O3/c1-25-18-6-5-13(20)11-16(18)23-19(24)7-8-21-15-4-2-3-14(15)17-12-26-10-9-22-17/h5-6,11,14-15,17,21-22H,2-4,7-10,12H2,1H3,(H,23,24). The van der Waals surface area contributed by atoms with Crippen molar-refractivity contribution in [3.05, 3.63) is 23.2 Å². The first-order valence-corrected chi connectivity index (χ1v) is 9.73. The molecule has 1 aromatic rings. The molecule has 0 aromatic heterocycles. The van der Waals surface area contributed by atoms with E-state index in [1.807, 2.05) is 0 Å². The van der Waals surface area contributed by atoms with Gasteiger partial charge in [0.15, 0.2) is 0 Å². The van der Waals surface area contributed by atoms with Crippen molar-refractivity contribution in [2.45, 2.75) is 37.8 Å². The number of nitrogens with one attached hydrogen (secondary N) is 3. The number of halogens is 1. The van der Waals surface area contributed by atoms with Gasteiger partial charge in [0, 0.05) is 36.6 Å². The van der Waals surface area contributed by atoms with Gasteiger partial charge in [-0.15, -0.1) is 0 Å². The number of rotatable bonds is 7. The normalized spacial score (nSPS) is 25.8. The second kappa shape index (κ2) is 9.55. The fraction of sp³-hybridized carbons (Fsp3) is 0.632. The fourth-order valence-corrected chi connectivity index (χ4v) is 4.12. The fourth-order valence-electron chi connectivity index (χ4n) is 3.95. The van der Waals surface area contributed by atoms with Crippen molar-refractivity contribution in [1.82, 2.24) is 10.6 Å². The van der Waals surface area contributed by atoms with Gasteiger partial charge in [0.05, 0.1) is 26.0 Å². The molecule has 6 nitrogen and oxygen atoms in total. The number of ether oxygens (including phenoxy) is 2. The molecule has 1 heterocycles. The molecular weight excluding hydrogens is 354 g/mol. The number of hydrogen-bond acceptors (Lipinski definition) is 5. The van der Waals surface area contributed by atoms with E-state index in [0.717, 1.165) is 26.2 Å². The Morgan fingerprint density at radius 2 is 2.31 bits per heavy atom. The van der Waals surface area contributed by atoms with E-state index in [2.05, 4.69) is 16.0 Å². The Kier molecular flexibility index (Phi) is 7.14. The Labute approximate surface area is 160 Å². The van der Waals surface area contributed by atoms with Crippen molar-refractivity contribution in [2.75, 3.05) is 38.7 Å². The van der Waals surface area contributed by atoms with Crippen LogP contribution >= 0.6 is 11.6 Å². The van der Waals surface area contributed by atoms with Gasteiger partial charge in [0.2, 0.25) is 5.91 Å². The van der Waals surface area contributed by atoms with Crippen molar-refractivity contribution in [1.29, 1.82) is 0 Å². The number of anilines is 1. The number of carbonyl (C=O) groups is 1. The minimum atomic E-state index is -0.0493. The molecular formula is C19H28ClN3O3. The van der Waals surface area contributed by atoms with Gasteiger partial charge in [-0.05, 0) is 37.0 Å². The third kappa shape index (κ3) is 5.10. The SMILES string of the molecule is COc1ccc(Cl)cc1NC(=O)CCNC1CCCC1C1COCCN1. The Morgan fingerprint density at radius 3 is 3.08 bits per heavy atom. The quantitative estimate of drug-likeness (QED) is 0.676. The van der Waals surface area contributed by atoms with E-state index in [1.54, 1.807) is 25.3 Å². The summed E-state index contributed by atoms with van der Waals surface area (Å²) in [7, 11) is 1.57. The summed E-state index contributed by atoms with van der Waals surface area (Å²) in [5, 5.41) is 10.6. The summed E-state index contributed by atoms with van der Waals surface area (Å²) in [6.07, 6.45) is 4.01. The highest BCUT2D eigenvalue weighted by Gasteiger charge is 2.34. The molecule has 1 aliphatic carbocycles. The van der Waals surface area contributed by atoms with Crippen LogP contribution in [0.4, 0.5) is 5.69 Å². The number of benzene rings is 1. The van der Waals surface area contributed by atoms with E-state index in [4.69, 9.17) is 21.1 Å². The largest absolute Gasteiger partial charge is 0.495 e. The third-order valence-corrected chi connectivity index (χ3v) is 5.47. The molecule has 1 amide bonds. The van der Waals surface area contributed by atoms with Gasteiger partial charge >= 0.3 is 0 Å². The van der Waals surface area contributed by atoms with Crippen LogP contribution in [0.1, 0.15) is 25.7 Å². The second-order valence-corrected chi connectivity index (χ2v) is 7.37. The zero-order chi connectivity index (χ0) is 18.4. The zero-order valence-electron chi connectivity index (χ0n) is 15.2. The number of morpholine rings is 1. The number of methoxy groups -OCH3 is 1. The van der Waals surface area contributed by atoms with Gasteiger partial charge in [-0.3, -0.25) is 4.79 Å². The van der Waals surface area contributed by atoms with Crippen LogP contribution in [0.5, 0.6) is 5.75 Å². The third-order valence-electron chi connectivity index (χ3n) is 5.23. The highest BCUT2D eigenvalue weighted by Crippen LogP contribution is 2.30. The molecule has 1 aliphatic heterocycles. The van der Waals surface area contributed by atoms with Crippen molar-refractivity contribution in [3.8, 4) is 5.75 Å². The molecule has 26 heavy (non-hydrogen) atoms. The second-order valence-electron chi connectivity index (χ2n) is 6.93. The topological polar surface area (TPSA) is 71.6 Å². The van der Waals surface area contributed by atoms with Gasteiger partial charge in [0.1, 0.15) is 5.75 Å². The predicted octanol–water partition coefficient (Wildman–Crippen LogP) is 2.42. The van der Waals surface area contributed by atoms with Crippen molar-refractivity contribution < 1.29 is 14.3 Å². The van der Waals surface area contributed by atoms with E-state index >= 15 is 0 Å². The molecule has 3 unspecified atom stereocenters. The molecule has 7 heteroatoms. The minimum Gasteiger partial charge on any atom is -0.495 e. The van der Waals surface area contributed by atoms with E-state index in [-0.39, 0.29) is 5.91 Å². The first-order valence-electron chi connectivity index (χ1n) is 9.35. The Balaban J connectivity index is 1.45. The van der Waals surface area contributed by atoms with Crippen LogP contribution in [-0.4, -0.2) is 51.4 Å². The summed E-state index contributed by atoms with van der Waals surface area (Å²) in [4.78, 5) is 12.3. The molecule has 144 valence electrons. The zero-order valence-corrected chi connectivity index (χ0v) is 16.0.